The van der Waals surface area contributed by atoms with Crippen LogP contribution in [0.2, 0.25) is 0 Å². The Morgan fingerprint density at radius 3 is 2.50 bits per heavy atom. The van der Waals surface area contributed by atoms with E-state index in [4.69, 9.17) is 0 Å². The highest BCUT2D eigenvalue weighted by Crippen LogP contribution is 2.17. The lowest BCUT2D eigenvalue weighted by Gasteiger charge is -2.18. The molecule has 0 aromatic carbocycles. The summed E-state index contributed by atoms with van der Waals surface area (Å²) in [6.07, 6.45) is 8.31. The molecule has 16 heavy (non-hydrogen) atoms. The van der Waals surface area contributed by atoms with Crippen molar-refractivity contribution >= 4 is 0 Å². The Balaban J connectivity index is 1.89. The molecule has 1 saturated carbocycles. The molecule has 0 bridgehead atoms. The van der Waals surface area contributed by atoms with Crippen LogP contribution in [0.4, 0.5) is 0 Å². The molecule has 0 atom stereocenters. The summed E-state index contributed by atoms with van der Waals surface area (Å²) in [7, 11) is 2.25. The van der Waals surface area contributed by atoms with Crippen LogP contribution in [0.1, 0.15) is 52.4 Å². The van der Waals surface area contributed by atoms with Crippen molar-refractivity contribution in [2.24, 2.45) is 5.92 Å². The molecule has 0 aliphatic heterocycles. The zero-order valence-electron chi connectivity index (χ0n) is 11.5. The number of nitrogens with one attached hydrogen (secondary N) is 1. The average Bonchev–Trinajstić information content (AvgIpc) is 2.74. The van der Waals surface area contributed by atoms with E-state index in [0.29, 0.717) is 0 Å². The molecule has 1 fully saturated rings. The number of hydrogen-bond donors (Lipinski definition) is 1. The third-order valence-electron chi connectivity index (χ3n) is 3.59. The van der Waals surface area contributed by atoms with Crippen LogP contribution in [0, 0.1) is 5.92 Å². The monoisotopic (exact) mass is 226 g/mol. The van der Waals surface area contributed by atoms with Crippen LogP contribution in [0.5, 0.6) is 0 Å². The summed E-state index contributed by atoms with van der Waals surface area (Å²) in [5, 5.41) is 3.68. The van der Waals surface area contributed by atoms with Gasteiger partial charge in [-0.15, -0.1) is 0 Å². The fourth-order valence-corrected chi connectivity index (χ4v) is 2.38. The van der Waals surface area contributed by atoms with Crippen molar-refractivity contribution in [3.05, 3.63) is 0 Å². The van der Waals surface area contributed by atoms with E-state index in [1.165, 1.54) is 58.2 Å². The molecule has 0 heterocycles. The molecule has 0 unspecified atom stereocenters. The van der Waals surface area contributed by atoms with Crippen molar-refractivity contribution in [3.63, 3.8) is 0 Å². The number of hydrogen-bond acceptors (Lipinski definition) is 2. The number of rotatable bonds is 8. The van der Waals surface area contributed by atoms with E-state index in [2.05, 4.69) is 31.1 Å². The predicted molar refractivity (Wildman–Crippen MR) is 71.8 cm³/mol. The van der Waals surface area contributed by atoms with Crippen molar-refractivity contribution < 1.29 is 0 Å². The quantitative estimate of drug-likeness (QED) is 0.640. The maximum absolute atomic E-state index is 3.68. The minimum absolute atomic E-state index is 0.832. The Hall–Kier alpha value is -0.0800. The van der Waals surface area contributed by atoms with Crippen LogP contribution in [0.25, 0.3) is 0 Å². The molecule has 0 aromatic heterocycles. The van der Waals surface area contributed by atoms with E-state index in [-0.39, 0.29) is 0 Å². The van der Waals surface area contributed by atoms with Gasteiger partial charge in [0.15, 0.2) is 0 Å². The van der Waals surface area contributed by atoms with Crippen LogP contribution in [0.15, 0.2) is 0 Å². The molecule has 0 spiro atoms. The smallest absolute Gasteiger partial charge is 0.00670 e. The lowest BCUT2D eigenvalue weighted by Crippen LogP contribution is -2.30. The van der Waals surface area contributed by atoms with Crippen LogP contribution >= 0.6 is 0 Å². The Morgan fingerprint density at radius 1 is 1.19 bits per heavy atom. The second kappa shape index (κ2) is 8.08. The van der Waals surface area contributed by atoms with Gasteiger partial charge in [-0.25, -0.2) is 0 Å². The van der Waals surface area contributed by atoms with Crippen molar-refractivity contribution in [1.82, 2.24) is 10.2 Å². The number of nitrogens with zero attached hydrogens (tertiary/aromatic N) is 1. The first kappa shape index (κ1) is 14.0. The highest BCUT2D eigenvalue weighted by atomic mass is 15.1. The Kier molecular flexibility index (Phi) is 7.06. The van der Waals surface area contributed by atoms with Gasteiger partial charge in [-0.2, -0.15) is 0 Å². The standard InChI is InChI=1S/C14H30N2/c1-13(2)9-12-16(3)11-6-10-15-14-7-4-5-8-14/h13-15H,4-12H2,1-3H3. The Bertz CT molecular complexity index is 162. The minimum Gasteiger partial charge on any atom is -0.314 e. The summed E-state index contributed by atoms with van der Waals surface area (Å²) >= 11 is 0. The minimum atomic E-state index is 0.832. The molecule has 0 saturated heterocycles. The highest BCUT2D eigenvalue weighted by Gasteiger charge is 2.13. The van der Waals surface area contributed by atoms with Gasteiger partial charge in [-0.05, 0) is 58.3 Å². The molecule has 2 heteroatoms. The molecule has 2 nitrogen and oxygen atoms in total. The molecular weight excluding hydrogens is 196 g/mol. The van der Waals surface area contributed by atoms with Gasteiger partial charge in [0.25, 0.3) is 0 Å². The largest absolute Gasteiger partial charge is 0.314 e. The van der Waals surface area contributed by atoms with Gasteiger partial charge in [0.2, 0.25) is 0 Å². The lowest BCUT2D eigenvalue weighted by molar-refractivity contribution is 0.302. The van der Waals surface area contributed by atoms with Crippen LogP contribution < -0.4 is 5.32 Å². The third-order valence-corrected chi connectivity index (χ3v) is 3.59. The molecule has 1 aliphatic carbocycles. The van der Waals surface area contributed by atoms with E-state index < -0.39 is 0 Å². The van der Waals surface area contributed by atoms with Gasteiger partial charge in [0.05, 0.1) is 0 Å². The van der Waals surface area contributed by atoms with Crippen molar-refractivity contribution in [2.45, 2.75) is 58.4 Å². The van der Waals surface area contributed by atoms with Gasteiger partial charge < -0.3 is 10.2 Å². The van der Waals surface area contributed by atoms with Crippen molar-refractivity contribution in [2.75, 3.05) is 26.7 Å². The summed E-state index contributed by atoms with van der Waals surface area (Å²) in [6, 6.07) is 0.834. The van der Waals surface area contributed by atoms with Crippen LogP contribution in [-0.4, -0.2) is 37.6 Å². The SMILES string of the molecule is CC(C)CCN(C)CCCNC1CCCC1. The fraction of sp³-hybridized carbons (Fsp3) is 1.00. The van der Waals surface area contributed by atoms with Gasteiger partial charge >= 0.3 is 0 Å². The molecule has 0 amide bonds. The fourth-order valence-electron chi connectivity index (χ4n) is 2.38. The Morgan fingerprint density at radius 2 is 1.88 bits per heavy atom. The van der Waals surface area contributed by atoms with Crippen molar-refractivity contribution in [3.8, 4) is 0 Å². The second-order valence-corrected chi connectivity index (χ2v) is 5.77. The van der Waals surface area contributed by atoms with E-state index in [1.807, 2.05) is 0 Å². The first-order valence-electron chi connectivity index (χ1n) is 7.10. The predicted octanol–water partition coefficient (Wildman–Crippen LogP) is 2.89. The zero-order valence-corrected chi connectivity index (χ0v) is 11.5. The van der Waals surface area contributed by atoms with Crippen LogP contribution in [0.3, 0.4) is 0 Å². The van der Waals surface area contributed by atoms with E-state index in [9.17, 15) is 0 Å². The van der Waals surface area contributed by atoms with Gasteiger partial charge in [0, 0.05) is 6.04 Å². The zero-order chi connectivity index (χ0) is 11.8. The summed E-state index contributed by atoms with van der Waals surface area (Å²) in [5.41, 5.74) is 0. The molecule has 1 aliphatic rings. The van der Waals surface area contributed by atoms with Gasteiger partial charge in [-0.3, -0.25) is 0 Å². The Labute approximate surface area is 102 Å². The van der Waals surface area contributed by atoms with Gasteiger partial charge in [0.1, 0.15) is 0 Å². The first-order chi connectivity index (χ1) is 7.68. The molecular formula is C14H30N2. The third kappa shape index (κ3) is 6.49. The maximum atomic E-state index is 3.68. The van der Waals surface area contributed by atoms with Crippen molar-refractivity contribution in [1.29, 1.82) is 0 Å². The summed E-state index contributed by atoms with van der Waals surface area (Å²) in [6.45, 7) is 8.30. The topological polar surface area (TPSA) is 15.3 Å². The molecule has 96 valence electrons. The average molecular weight is 226 g/mol. The molecule has 1 N–H and O–H groups in total. The summed E-state index contributed by atoms with van der Waals surface area (Å²) in [4.78, 5) is 2.47. The summed E-state index contributed by atoms with van der Waals surface area (Å²) in [5.74, 6) is 0.832. The molecule has 1 rings (SSSR count). The molecule has 0 radical (unpaired) electrons. The van der Waals surface area contributed by atoms with Gasteiger partial charge in [-0.1, -0.05) is 26.7 Å². The normalized spacial score (nSPS) is 17.8. The first-order valence-corrected chi connectivity index (χ1v) is 7.10. The molecule has 0 aromatic rings. The van der Waals surface area contributed by atoms with Crippen LogP contribution in [-0.2, 0) is 0 Å². The van der Waals surface area contributed by atoms with E-state index in [0.717, 1.165) is 12.0 Å². The summed E-state index contributed by atoms with van der Waals surface area (Å²) < 4.78 is 0. The highest BCUT2D eigenvalue weighted by molar-refractivity contribution is 4.73. The lowest BCUT2D eigenvalue weighted by atomic mass is 10.1. The second-order valence-electron chi connectivity index (χ2n) is 5.77. The van der Waals surface area contributed by atoms with E-state index >= 15 is 0 Å². The maximum Gasteiger partial charge on any atom is 0.00670 e. The van der Waals surface area contributed by atoms with E-state index in [1.54, 1.807) is 0 Å².